The molecule has 0 bridgehead atoms. The van der Waals surface area contributed by atoms with Gasteiger partial charge in [-0.05, 0) is 13.8 Å². The van der Waals surface area contributed by atoms with Gasteiger partial charge in [0.1, 0.15) is 6.07 Å². The lowest BCUT2D eigenvalue weighted by Gasteiger charge is -1.99. The third-order valence-corrected chi connectivity index (χ3v) is 1.60. The Balaban J connectivity index is 2.67. The molecule has 1 aromatic rings. The minimum Gasteiger partial charge on any atom is -0.462 e. The van der Waals surface area contributed by atoms with Crippen molar-refractivity contribution in [3.8, 4) is 6.07 Å². The summed E-state index contributed by atoms with van der Waals surface area (Å²) in [4.78, 5) is 11.2. The first-order chi connectivity index (χ1) is 7.67. The highest BCUT2D eigenvalue weighted by molar-refractivity contribution is 5.93. The van der Waals surface area contributed by atoms with Crippen molar-refractivity contribution in [2.45, 2.75) is 13.8 Å². The molecule has 0 aliphatic carbocycles. The summed E-state index contributed by atoms with van der Waals surface area (Å²) in [5.41, 5.74) is 0.571. The van der Waals surface area contributed by atoms with Gasteiger partial charge in [0.2, 0.25) is 5.88 Å². The number of hydrogen-bond donors (Lipinski definition) is 1. The van der Waals surface area contributed by atoms with E-state index in [1.807, 2.05) is 0 Å². The van der Waals surface area contributed by atoms with E-state index in [1.54, 1.807) is 26.0 Å². The molecule has 0 spiro atoms. The molecule has 0 unspecified atom stereocenters. The second kappa shape index (κ2) is 5.56. The topological polar surface area (TPSA) is 88.2 Å². The SMILES string of the molecule is CCOC(=O)C(C#N)=CNc1cc(C)no1. The number of nitrogens with one attached hydrogen (secondary N) is 1. The van der Waals surface area contributed by atoms with Crippen LogP contribution in [0.15, 0.2) is 22.4 Å². The van der Waals surface area contributed by atoms with Crippen molar-refractivity contribution in [2.75, 3.05) is 11.9 Å². The zero-order chi connectivity index (χ0) is 12.0. The molecule has 0 amide bonds. The number of rotatable bonds is 4. The van der Waals surface area contributed by atoms with E-state index >= 15 is 0 Å². The largest absolute Gasteiger partial charge is 0.462 e. The standard InChI is InChI=1S/C10H11N3O3/c1-3-15-10(14)8(5-11)6-12-9-4-7(2)13-16-9/h4,6,12H,3H2,1-2H3. The maximum Gasteiger partial charge on any atom is 0.350 e. The number of nitrogens with zero attached hydrogens (tertiary/aromatic N) is 2. The van der Waals surface area contributed by atoms with Gasteiger partial charge in [0, 0.05) is 12.3 Å². The van der Waals surface area contributed by atoms with Crippen molar-refractivity contribution in [3.63, 3.8) is 0 Å². The van der Waals surface area contributed by atoms with Gasteiger partial charge in [-0.15, -0.1) is 0 Å². The summed E-state index contributed by atoms with van der Waals surface area (Å²) in [6.45, 7) is 3.65. The summed E-state index contributed by atoms with van der Waals surface area (Å²) < 4.78 is 9.50. The Morgan fingerprint density at radius 1 is 1.81 bits per heavy atom. The highest BCUT2D eigenvalue weighted by atomic mass is 16.5. The molecule has 0 atom stereocenters. The van der Waals surface area contributed by atoms with Gasteiger partial charge < -0.3 is 14.6 Å². The van der Waals surface area contributed by atoms with E-state index in [4.69, 9.17) is 9.78 Å². The predicted molar refractivity (Wildman–Crippen MR) is 55.2 cm³/mol. The maximum atomic E-state index is 11.2. The lowest BCUT2D eigenvalue weighted by Crippen LogP contribution is -2.07. The molecular formula is C10H11N3O3. The average molecular weight is 221 g/mol. The Hall–Kier alpha value is -2.29. The number of aromatic nitrogens is 1. The first-order valence-electron chi connectivity index (χ1n) is 4.64. The smallest absolute Gasteiger partial charge is 0.350 e. The summed E-state index contributed by atoms with van der Waals surface area (Å²) in [6.07, 6.45) is 1.22. The Labute approximate surface area is 92.5 Å². The Bertz CT molecular complexity index is 442. The summed E-state index contributed by atoms with van der Waals surface area (Å²) in [6, 6.07) is 3.36. The van der Waals surface area contributed by atoms with Gasteiger partial charge in [0.05, 0.1) is 12.3 Å². The van der Waals surface area contributed by atoms with Gasteiger partial charge in [-0.2, -0.15) is 5.26 Å². The summed E-state index contributed by atoms with van der Waals surface area (Å²) in [7, 11) is 0. The van der Waals surface area contributed by atoms with Crippen LogP contribution in [0.3, 0.4) is 0 Å². The molecule has 6 heteroatoms. The Morgan fingerprint density at radius 2 is 2.56 bits per heavy atom. The molecule has 1 rings (SSSR count). The van der Waals surface area contributed by atoms with Gasteiger partial charge in [-0.3, -0.25) is 0 Å². The van der Waals surface area contributed by atoms with Crippen LogP contribution in [-0.4, -0.2) is 17.7 Å². The summed E-state index contributed by atoms with van der Waals surface area (Å²) in [5.74, 6) is -0.316. The molecule has 1 N–H and O–H groups in total. The monoisotopic (exact) mass is 221 g/mol. The maximum absolute atomic E-state index is 11.2. The fraction of sp³-hybridized carbons (Fsp3) is 0.300. The minimum absolute atomic E-state index is 0.129. The molecule has 0 aromatic carbocycles. The molecule has 16 heavy (non-hydrogen) atoms. The number of hydrogen-bond acceptors (Lipinski definition) is 6. The summed E-state index contributed by atoms with van der Waals surface area (Å²) >= 11 is 0. The van der Waals surface area contributed by atoms with Gasteiger partial charge in [-0.25, -0.2) is 4.79 Å². The van der Waals surface area contributed by atoms with Gasteiger partial charge >= 0.3 is 5.97 Å². The van der Waals surface area contributed by atoms with Crippen LogP contribution < -0.4 is 5.32 Å². The normalized spacial score (nSPS) is 10.7. The van der Waals surface area contributed by atoms with E-state index in [-0.39, 0.29) is 12.2 Å². The highest BCUT2D eigenvalue weighted by Gasteiger charge is 2.09. The molecule has 0 aliphatic rings. The van der Waals surface area contributed by atoms with Gasteiger partial charge in [-0.1, -0.05) is 5.16 Å². The molecule has 0 fully saturated rings. The third kappa shape index (κ3) is 3.13. The number of esters is 1. The van der Waals surface area contributed by atoms with Gasteiger partial charge in [0.25, 0.3) is 0 Å². The van der Waals surface area contributed by atoms with Crippen molar-refractivity contribution in [3.05, 3.63) is 23.5 Å². The van der Waals surface area contributed by atoms with Crippen LogP contribution in [0.25, 0.3) is 0 Å². The van der Waals surface area contributed by atoms with E-state index in [9.17, 15) is 4.79 Å². The Morgan fingerprint density at radius 3 is 3.06 bits per heavy atom. The number of carbonyl (C=O) groups excluding carboxylic acids is 1. The second-order valence-electron chi connectivity index (χ2n) is 2.87. The second-order valence-corrected chi connectivity index (χ2v) is 2.87. The van der Waals surface area contributed by atoms with Crippen molar-refractivity contribution >= 4 is 11.9 Å². The zero-order valence-electron chi connectivity index (χ0n) is 8.98. The number of carbonyl (C=O) groups is 1. The highest BCUT2D eigenvalue weighted by Crippen LogP contribution is 2.09. The van der Waals surface area contributed by atoms with Crippen LogP contribution in [0, 0.1) is 18.3 Å². The first-order valence-corrected chi connectivity index (χ1v) is 4.64. The van der Waals surface area contributed by atoms with E-state index < -0.39 is 5.97 Å². The van der Waals surface area contributed by atoms with Crippen molar-refractivity contribution in [2.24, 2.45) is 0 Å². The van der Waals surface area contributed by atoms with Crippen LogP contribution in [0.5, 0.6) is 0 Å². The van der Waals surface area contributed by atoms with E-state index in [1.165, 1.54) is 6.20 Å². The van der Waals surface area contributed by atoms with Crippen LogP contribution in [0.2, 0.25) is 0 Å². The quantitative estimate of drug-likeness (QED) is 0.469. The van der Waals surface area contributed by atoms with Crippen LogP contribution in [0.1, 0.15) is 12.6 Å². The van der Waals surface area contributed by atoms with Crippen LogP contribution in [0.4, 0.5) is 5.88 Å². The summed E-state index contributed by atoms with van der Waals surface area (Å²) in [5, 5.41) is 15.0. The molecule has 0 saturated heterocycles. The lowest BCUT2D eigenvalue weighted by molar-refractivity contribution is -0.138. The van der Waals surface area contributed by atoms with E-state index in [0.717, 1.165) is 0 Å². The van der Waals surface area contributed by atoms with Crippen molar-refractivity contribution < 1.29 is 14.1 Å². The van der Waals surface area contributed by atoms with Crippen LogP contribution in [-0.2, 0) is 9.53 Å². The van der Waals surface area contributed by atoms with Crippen molar-refractivity contribution in [1.82, 2.24) is 5.16 Å². The molecule has 6 nitrogen and oxygen atoms in total. The number of aryl methyl sites for hydroxylation is 1. The molecule has 0 aliphatic heterocycles. The third-order valence-electron chi connectivity index (χ3n) is 1.60. The fourth-order valence-corrected chi connectivity index (χ4v) is 0.921. The van der Waals surface area contributed by atoms with Crippen LogP contribution >= 0.6 is 0 Å². The molecule has 0 saturated carbocycles. The predicted octanol–water partition coefficient (Wildman–Crippen LogP) is 1.37. The molecular weight excluding hydrogens is 210 g/mol. The first kappa shape index (κ1) is 11.8. The van der Waals surface area contributed by atoms with Crippen molar-refractivity contribution in [1.29, 1.82) is 5.26 Å². The molecule has 1 heterocycles. The minimum atomic E-state index is -0.672. The average Bonchev–Trinajstić information content (AvgIpc) is 2.65. The number of nitriles is 1. The molecule has 1 aromatic heterocycles. The Kier molecular flexibility index (Phi) is 4.09. The number of ether oxygens (including phenoxy) is 1. The van der Waals surface area contributed by atoms with E-state index in [0.29, 0.717) is 11.6 Å². The number of anilines is 1. The zero-order valence-corrected chi connectivity index (χ0v) is 8.98. The fourth-order valence-electron chi connectivity index (χ4n) is 0.921. The van der Waals surface area contributed by atoms with E-state index in [2.05, 4.69) is 15.2 Å². The van der Waals surface area contributed by atoms with Gasteiger partial charge in [0.15, 0.2) is 5.57 Å². The lowest BCUT2D eigenvalue weighted by atomic mass is 10.3. The molecule has 84 valence electrons. The molecule has 0 radical (unpaired) electrons.